The summed E-state index contributed by atoms with van der Waals surface area (Å²) in [5.41, 5.74) is 1.87. The van der Waals surface area contributed by atoms with Gasteiger partial charge in [0.05, 0.1) is 30.2 Å². The lowest BCUT2D eigenvalue weighted by Crippen LogP contribution is -2.44. The van der Waals surface area contributed by atoms with Gasteiger partial charge in [0.1, 0.15) is 11.9 Å². The predicted molar refractivity (Wildman–Crippen MR) is 112 cm³/mol. The molecule has 2 heterocycles. The Hall–Kier alpha value is -3.48. The van der Waals surface area contributed by atoms with E-state index in [0.717, 1.165) is 12.8 Å². The standard InChI is InChI=1S/C23H24N4O3/c1-2-22(28)17-7-5-8-18(15-17)30-19-9-6-14-26(16-19)23(29)20-10-3-4-11-21(20)27-24-12-13-25-27/h3-5,7-8,10-13,15,19H,2,6,9,14,16H2,1H3. The van der Waals surface area contributed by atoms with Crippen LogP contribution >= 0.6 is 0 Å². The quantitative estimate of drug-likeness (QED) is 0.587. The number of benzene rings is 2. The molecule has 1 atom stereocenters. The summed E-state index contributed by atoms with van der Waals surface area (Å²) in [6, 6.07) is 14.6. The molecule has 1 aliphatic rings. The molecule has 30 heavy (non-hydrogen) atoms. The fourth-order valence-electron chi connectivity index (χ4n) is 3.70. The Kier molecular flexibility index (Phi) is 5.88. The number of amides is 1. The molecule has 0 N–H and O–H groups in total. The van der Waals surface area contributed by atoms with Gasteiger partial charge < -0.3 is 9.64 Å². The molecule has 1 unspecified atom stereocenters. The third-order valence-electron chi connectivity index (χ3n) is 5.21. The van der Waals surface area contributed by atoms with Crippen molar-refractivity contribution in [2.24, 2.45) is 0 Å². The number of Topliss-reactive ketones (excluding diaryl/α,β-unsaturated/α-hetero) is 1. The average molecular weight is 404 g/mol. The first-order valence-corrected chi connectivity index (χ1v) is 10.2. The summed E-state index contributed by atoms with van der Waals surface area (Å²) in [6.07, 6.45) is 5.22. The van der Waals surface area contributed by atoms with Crippen LogP contribution in [0.2, 0.25) is 0 Å². The predicted octanol–water partition coefficient (Wildman–Crippen LogP) is 3.54. The van der Waals surface area contributed by atoms with Gasteiger partial charge in [-0.2, -0.15) is 15.0 Å². The van der Waals surface area contributed by atoms with E-state index >= 15 is 0 Å². The third-order valence-corrected chi connectivity index (χ3v) is 5.21. The highest BCUT2D eigenvalue weighted by Gasteiger charge is 2.27. The highest BCUT2D eigenvalue weighted by Crippen LogP contribution is 2.23. The van der Waals surface area contributed by atoms with Gasteiger partial charge in [-0.3, -0.25) is 9.59 Å². The number of hydrogen-bond donors (Lipinski definition) is 0. The summed E-state index contributed by atoms with van der Waals surface area (Å²) in [4.78, 5) is 28.5. The lowest BCUT2D eigenvalue weighted by molar-refractivity contribution is 0.0537. The van der Waals surface area contributed by atoms with Crippen LogP contribution in [-0.4, -0.2) is 50.8 Å². The summed E-state index contributed by atoms with van der Waals surface area (Å²) >= 11 is 0. The van der Waals surface area contributed by atoms with Gasteiger partial charge in [-0.15, -0.1) is 0 Å². The Morgan fingerprint density at radius 2 is 1.90 bits per heavy atom. The van der Waals surface area contributed by atoms with Gasteiger partial charge in [0.25, 0.3) is 5.91 Å². The van der Waals surface area contributed by atoms with Crippen LogP contribution in [0.25, 0.3) is 5.69 Å². The van der Waals surface area contributed by atoms with Gasteiger partial charge in [-0.1, -0.05) is 31.2 Å². The van der Waals surface area contributed by atoms with Gasteiger partial charge in [0.2, 0.25) is 0 Å². The molecule has 1 fully saturated rings. The maximum Gasteiger partial charge on any atom is 0.256 e. The molecule has 0 aliphatic carbocycles. The van der Waals surface area contributed by atoms with Crippen molar-refractivity contribution in [1.82, 2.24) is 19.9 Å². The Balaban J connectivity index is 1.49. The second-order valence-electron chi connectivity index (χ2n) is 7.27. The first-order valence-electron chi connectivity index (χ1n) is 10.2. The molecule has 1 amide bonds. The Bertz CT molecular complexity index is 1030. The van der Waals surface area contributed by atoms with Gasteiger partial charge >= 0.3 is 0 Å². The van der Waals surface area contributed by atoms with Gasteiger partial charge in [-0.25, -0.2) is 0 Å². The van der Waals surface area contributed by atoms with E-state index < -0.39 is 0 Å². The fraction of sp³-hybridized carbons (Fsp3) is 0.304. The minimum atomic E-state index is -0.121. The zero-order chi connectivity index (χ0) is 20.9. The summed E-state index contributed by atoms with van der Waals surface area (Å²) in [7, 11) is 0. The minimum Gasteiger partial charge on any atom is -0.489 e. The number of rotatable bonds is 6. The number of ketones is 1. The topological polar surface area (TPSA) is 77.3 Å². The van der Waals surface area contributed by atoms with Gasteiger partial charge in [0, 0.05) is 18.5 Å². The van der Waals surface area contributed by atoms with E-state index in [1.165, 1.54) is 4.80 Å². The normalized spacial score (nSPS) is 16.3. The number of carbonyl (C=O) groups is 2. The maximum absolute atomic E-state index is 13.3. The van der Waals surface area contributed by atoms with Crippen LogP contribution in [0.1, 0.15) is 46.9 Å². The van der Waals surface area contributed by atoms with E-state index in [0.29, 0.717) is 42.1 Å². The van der Waals surface area contributed by atoms with Crippen molar-refractivity contribution in [3.05, 3.63) is 72.1 Å². The highest BCUT2D eigenvalue weighted by molar-refractivity contribution is 5.98. The number of likely N-dealkylation sites (tertiary alicyclic amines) is 1. The SMILES string of the molecule is CCC(=O)c1cccc(OC2CCCN(C(=O)c3ccccc3-n3nccn3)C2)c1. The highest BCUT2D eigenvalue weighted by atomic mass is 16.5. The van der Waals surface area contributed by atoms with Crippen LogP contribution in [0.4, 0.5) is 0 Å². The number of para-hydroxylation sites is 1. The Morgan fingerprint density at radius 3 is 2.70 bits per heavy atom. The maximum atomic E-state index is 13.3. The first kappa shape index (κ1) is 19.8. The van der Waals surface area contributed by atoms with E-state index in [1.807, 2.05) is 42.2 Å². The van der Waals surface area contributed by atoms with Crippen molar-refractivity contribution in [2.75, 3.05) is 13.1 Å². The number of piperidine rings is 1. The summed E-state index contributed by atoms with van der Waals surface area (Å²) in [5, 5.41) is 8.31. The number of ether oxygens (including phenoxy) is 1. The second-order valence-corrected chi connectivity index (χ2v) is 7.27. The zero-order valence-corrected chi connectivity index (χ0v) is 16.9. The molecule has 3 aromatic rings. The molecular weight excluding hydrogens is 380 g/mol. The van der Waals surface area contributed by atoms with Crippen LogP contribution in [0.5, 0.6) is 5.75 Å². The van der Waals surface area contributed by atoms with Crippen LogP contribution in [0.15, 0.2) is 60.9 Å². The Labute approximate surface area is 175 Å². The van der Waals surface area contributed by atoms with Crippen molar-refractivity contribution in [2.45, 2.75) is 32.3 Å². The molecule has 0 spiro atoms. The lowest BCUT2D eigenvalue weighted by Gasteiger charge is -2.33. The van der Waals surface area contributed by atoms with E-state index in [4.69, 9.17) is 4.74 Å². The van der Waals surface area contributed by atoms with E-state index in [-0.39, 0.29) is 17.8 Å². The Morgan fingerprint density at radius 1 is 1.10 bits per heavy atom. The summed E-state index contributed by atoms with van der Waals surface area (Å²) in [6.45, 7) is 3.01. The van der Waals surface area contributed by atoms with Crippen molar-refractivity contribution >= 4 is 11.7 Å². The fourth-order valence-corrected chi connectivity index (χ4v) is 3.70. The molecule has 0 bridgehead atoms. The minimum absolute atomic E-state index is 0.0638. The van der Waals surface area contributed by atoms with E-state index in [2.05, 4.69) is 10.2 Å². The van der Waals surface area contributed by atoms with Crippen LogP contribution in [0, 0.1) is 0 Å². The largest absolute Gasteiger partial charge is 0.489 e. The van der Waals surface area contributed by atoms with E-state index in [9.17, 15) is 9.59 Å². The average Bonchev–Trinajstić information content (AvgIpc) is 3.33. The number of carbonyl (C=O) groups excluding carboxylic acids is 2. The molecule has 1 aliphatic heterocycles. The molecular formula is C23H24N4O3. The molecule has 0 radical (unpaired) electrons. The molecule has 2 aromatic carbocycles. The van der Waals surface area contributed by atoms with Crippen LogP contribution in [-0.2, 0) is 0 Å². The molecule has 7 nitrogen and oxygen atoms in total. The van der Waals surface area contributed by atoms with Crippen molar-refractivity contribution in [3.63, 3.8) is 0 Å². The molecule has 4 rings (SSSR count). The third kappa shape index (κ3) is 4.25. The summed E-state index contributed by atoms with van der Waals surface area (Å²) in [5.74, 6) is 0.686. The van der Waals surface area contributed by atoms with Gasteiger partial charge in [-0.05, 0) is 37.1 Å². The van der Waals surface area contributed by atoms with Crippen molar-refractivity contribution < 1.29 is 14.3 Å². The van der Waals surface area contributed by atoms with Gasteiger partial charge in [0.15, 0.2) is 5.78 Å². The smallest absolute Gasteiger partial charge is 0.256 e. The molecule has 0 saturated carbocycles. The lowest BCUT2D eigenvalue weighted by atomic mass is 10.1. The van der Waals surface area contributed by atoms with Crippen LogP contribution in [0.3, 0.4) is 0 Å². The van der Waals surface area contributed by atoms with Crippen molar-refractivity contribution in [3.8, 4) is 11.4 Å². The second kappa shape index (κ2) is 8.90. The van der Waals surface area contributed by atoms with Crippen molar-refractivity contribution in [1.29, 1.82) is 0 Å². The van der Waals surface area contributed by atoms with E-state index in [1.54, 1.807) is 30.6 Å². The number of nitrogens with zero attached hydrogens (tertiary/aromatic N) is 4. The molecule has 1 saturated heterocycles. The number of hydrogen-bond acceptors (Lipinski definition) is 5. The summed E-state index contributed by atoms with van der Waals surface area (Å²) < 4.78 is 6.13. The monoisotopic (exact) mass is 404 g/mol. The molecule has 154 valence electrons. The molecule has 1 aromatic heterocycles. The van der Waals surface area contributed by atoms with Crippen LogP contribution < -0.4 is 4.74 Å². The molecule has 7 heteroatoms. The first-order chi connectivity index (χ1) is 14.7. The number of aromatic nitrogens is 3. The zero-order valence-electron chi connectivity index (χ0n) is 16.9.